The Labute approximate surface area is 258 Å². The Morgan fingerprint density at radius 1 is 1.09 bits per heavy atom. The van der Waals surface area contributed by atoms with Crippen molar-refractivity contribution in [3.8, 4) is 0 Å². The summed E-state index contributed by atoms with van der Waals surface area (Å²) in [5.41, 5.74) is -2.05. The van der Waals surface area contributed by atoms with Crippen LogP contribution >= 0.6 is 0 Å². The van der Waals surface area contributed by atoms with Crippen molar-refractivity contribution in [1.29, 1.82) is 0 Å². The van der Waals surface area contributed by atoms with Gasteiger partial charge in [0.25, 0.3) is 0 Å². The van der Waals surface area contributed by atoms with Crippen molar-refractivity contribution in [3.05, 3.63) is 35.8 Å². The Balaban J connectivity index is 1.17. The average Bonchev–Trinajstić information content (AvgIpc) is 3.71. The molecule has 0 radical (unpaired) electrons. The number of fused-ring (bicyclic) bond motifs is 5. The van der Waals surface area contributed by atoms with Crippen molar-refractivity contribution in [2.75, 3.05) is 6.61 Å². The van der Waals surface area contributed by atoms with Crippen molar-refractivity contribution in [2.45, 2.75) is 127 Å². The number of aliphatic hydroxyl groups is 4. The van der Waals surface area contributed by atoms with Crippen LogP contribution < -0.4 is 0 Å². The number of esters is 1. The fourth-order valence-electron chi connectivity index (χ4n) is 10.5. The minimum Gasteiger partial charge on any atom is -0.467 e. The van der Waals surface area contributed by atoms with E-state index >= 15 is 0 Å². The fourth-order valence-corrected chi connectivity index (χ4v) is 10.5. The molecule has 10 nitrogen and oxygen atoms in total. The number of carbonyl (C=O) groups is 1. The van der Waals surface area contributed by atoms with Gasteiger partial charge in [-0.3, -0.25) is 4.99 Å². The third-order valence-electron chi connectivity index (χ3n) is 12.8. The lowest BCUT2D eigenvalue weighted by Crippen LogP contribution is -2.69. The van der Waals surface area contributed by atoms with Crippen LogP contribution in [0.4, 0.5) is 0 Å². The van der Waals surface area contributed by atoms with Gasteiger partial charge in [0.05, 0.1) is 42.3 Å². The summed E-state index contributed by atoms with van der Waals surface area (Å²) >= 11 is 0. The maximum atomic E-state index is 12.7. The normalized spacial score (nSPS) is 48.9. The number of nitrogens with zero attached hydrogens (tertiary/aromatic N) is 1. The van der Waals surface area contributed by atoms with Gasteiger partial charge in [-0.2, -0.15) is 0 Å². The average molecular weight is 614 g/mol. The fraction of sp³-hybridized carbons (Fsp3) is 0.765. The van der Waals surface area contributed by atoms with Crippen molar-refractivity contribution in [1.82, 2.24) is 0 Å². The molecule has 12 atom stereocenters. The first-order chi connectivity index (χ1) is 21.0. The molecule has 1 aromatic heterocycles. The van der Waals surface area contributed by atoms with Crippen LogP contribution in [0.3, 0.4) is 0 Å². The third-order valence-corrected chi connectivity index (χ3v) is 12.8. The molecule has 6 aliphatic rings. The van der Waals surface area contributed by atoms with Gasteiger partial charge in [0.15, 0.2) is 6.29 Å². The Kier molecular flexibility index (Phi) is 7.66. The van der Waals surface area contributed by atoms with Crippen molar-refractivity contribution < 1.29 is 43.8 Å². The highest BCUT2D eigenvalue weighted by Gasteiger charge is 2.71. The number of cyclic esters (lactones) is 1. The maximum Gasteiger partial charge on any atom is 0.331 e. The van der Waals surface area contributed by atoms with E-state index < -0.39 is 41.2 Å². The molecule has 4 aliphatic carbocycles. The van der Waals surface area contributed by atoms with E-state index in [1.165, 1.54) is 0 Å². The topological polar surface area (TPSA) is 151 Å². The lowest BCUT2D eigenvalue weighted by molar-refractivity contribution is -0.282. The summed E-state index contributed by atoms with van der Waals surface area (Å²) in [4.78, 5) is 16.8. The molecule has 2 aliphatic heterocycles. The van der Waals surface area contributed by atoms with E-state index in [2.05, 4.69) is 6.92 Å². The molecule has 242 valence electrons. The molecule has 5 fully saturated rings. The minimum absolute atomic E-state index is 0.0168. The van der Waals surface area contributed by atoms with E-state index in [-0.39, 0.29) is 41.7 Å². The highest BCUT2D eigenvalue weighted by atomic mass is 16.7. The van der Waals surface area contributed by atoms with Gasteiger partial charge in [0.2, 0.25) is 0 Å². The molecule has 0 unspecified atom stereocenters. The highest BCUT2D eigenvalue weighted by Crippen LogP contribution is 2.70. The molecule has 0 amide bonds. The summed E-state index contributed by atoms with van der Waals surface area (Å²) in [5.74, 6) is 0.569. The standard InChI is InChI=1S/C34H47NO9/c1-20-30(38)27(36)15-29(43-20)44-22-5-10-32(19-35-17-23-4-3-13-41-23)25-6-9-31(2)24(21-14-28(37)42-18-21)8-12-34(31,40)26(25)7-11-33(32,39)16-22/h3-4,13-14,19-20,22,24-27,29-30,36,38-40H,5-12,15-18H2,1-2H3/t20-,22-,24-,25-,26-,27-,29+,30+,31+,32-,33+,34+/m1/s1. The number of hydrogen-bond acceptors (Lipinski definition) is 10. The Morgan fingerprint density at radius 2 is 1.91 bits per heavy atom. The Hall–Kier alpha value is -2.08. The minimum atomic E-state index is -1.10. The first-order valence-corrected chi connectivity index (χ1v) is 16.5. The predicted octanol–water partition coefficient (Wildman–Crippen LogP) is 3.44. The van der Waals surface area contributed by atoms with Gasteiger partial charge in [-0.1, -0.05) is 6.92 Å². The summed E-state index contributed by atoms with van der Waals surface area (Å²) in [5, 5.41) is 45.8. The quantitative estimate of drug-likeness (QED) is 0.215. The Morgan fingerprint density at radius 3 is 2.64 bits per heavy atom. The summed E-state index contributed by atoms with van der Waals surface area (Å²) in [6.07, 6.45) is 8.14. The highest BCUT2D eigenvalue weighted by molar-refractivity contribution is 5.85. The molecule has 0 bridgehead atoms. The van der Waals surface area contributed by atoms with Crippen LogP contribution in [-0.4, -0.2) is 81.1 Å². The van der Waals surface area contributed by atoms with Crippen LogP contribution in [0.1, 0.15) is 83.8 Å². The Bertz CT molecular complexity index is 1290. The van der Waals surface area contributed by atoms with Crippen molar-refractivity contribution in [3.63, 3.8) is 0 Å². The largest absolute Gasteiger partial charge is 0.467 e. The van der Waals surface area contributed by atoms with Crippen molar-refractivity contribution in [2.24, 2.45) is 33.6 Å². The van der Waals surface area contributed by atoms with Crippen molar-refractivity contribution >= 4 is 12.2 Å². The lowest BCUT2D eigenvalue weighted by Gasteiger charge is -2.66. The molecular weight excluding hydrogens is 566 g/mol. The molecule has 4 N–H and O–H groups in total. The second-order valence-corrected chi connectivity index (χ2v) is 14.7. The van der Waals surface area contributed by atoms with Gasteiger partial charge < -0.3 is 39.1 Å². The molecule has 0 spiro atoms. The van der Waals surface area contributed by atoms with Gasteiger partial charge in [-0.25, -0.2) is 4.79 Å². The molecular formula is C34H47NO9. The van der Waals surface area contributed by atoms with Gasteiger partial charge in [-0.05, 0) is 93.7 Å². The molecule has 0 aromatic carbocycles. The van der Waals surface area contributed by atoms with E-state index in [0.717, 1.165) is 30.6 Å². The number of carbonyl (C=O) groups excluding carboxylic acids is 1. The summed E-state index contributed by atoms with van der Waals surface area (Å²) in [7, 11) is 0. The second-order valence-electron chi connectivity index (χ2n) is 14.7. The zero-order valence-electron chi connectivity index (χ0n) is 25.8. The van der Waals surface area contributed by atoms with E-state index in [4.69, 9.17) is 23.6 Å². The van der Waals surface area contributed by atoms with Gasteiger partial charge >= 0.3 is 5.97 Å². The number of rotatable bonds is 6. The van der Waals surface area contributed by atoms with E-state index in [9.17, 15) is 25.2 Å². The summed E-state index contributed by atoms with van der Waals surface area (Å²) in [6.45, 7) is 4.61. The number of furan rings is 1. The van der Waals surface area contributed by atoms with Gasteiger partial charge in [-0.15, -0.1) is 0 Å². The third kappa shape index (κ3) is 4.66. The molecule has 4 saturated carbocycles. The van der Waals surface area contributed by atoms with Gasteiger partial charge in [0.1, 0.15) is 18.5 Å². The first kappa shape index (κ1) is 30.6. The summed E-state index contributed by atoms with van der Waals surface area (Å²) in [6, 6.07) is 3.74. The van der Waals surface area contributed by atoms with E-state index in [1.807, 2.05) is 18.3 Å². The lowest BCUT2D eigenvalue weighted by atomic mass is 9.41. The van der Waals surface area contributed by atoms with Crippen LogP contribution in [0.2, 0.25) is 0 Å². The van der Waals surface area contributed by atoms with E-state index in [1.54, 1.807) is 19.3 Å². The second kappa shape index (κ2) is 11.0. The van der Waals surface area contributed by atoms with Crippen LogP contribution in [0.25, 0.3) is 0 Å². The molecule has 3 heterocycles. The SMILES string of the molecule is C[C@H]1O[C@@H](O[C@@H]2CC[C@@]3(C=NCc4ccco4)[C@@H]4CC[C@@]5(C)[C@@H](C6=CC(=O)OC6)CC[C@]5(O)[C@@H]4CC[C@]3(O)C2)C[C@@H](O)[C@H]1O. The van der Waals surface area contributed by atoms with Crippen LogP contribution in [0, 0.1) is 28.6 Å². The number of aliphatic imine (C=N–C) groups is 1. The van der Waals surface area contributed by atoms with Crippen LogP contribution in [0.15, 0.2) is 39.5 Å². The number of hydrogen-bond donors (Lipinski definition) is 4. The van der Waals surface area contributed by atoms with Crippen LogP contribution in [0.5, 0.6) is 0 Å². The predicted molar refractivity (Wildman–Crippen MR) is 158 cm³/mol. The zero-order chi connectivity index (χ0) is 30.9. The molecule has 1 saturated heterocycles. The molecule has 44 heavy (non-hydrogen) atoms. The van der Waals surface area contributed by atoms with E-state index in [0.29, 0.717) is 51.7 Å². The summed E-state index contributed by atoms with van der Waals surface area (Å²) < 4.78 is 23.0. The van der Waals surface area contributed by atoms with Gasteiger partial charge in [0, 0.05) is 36.0 Å². The zero-order valence-corrected chi connectivity index (χ0v) is 25.8. The first-order valence-electron chi connectivity index (χ1n) is 16.5. The molecule has 7 rings (SSSR count). The molecule has 10 heteroatoms. The monoisotopic (exact) mass is 613 g/mol. The molecule has 1 aromatic rings. The number of aliphatic hydroxyl groups excluding tert-OH is 2. The van der Waals surface area contributed by atoms with Crippen LogP contribution in [-0.2, 0) is 25.5 Å². The number of ether oxygens (including phenoxy) is 3. The smallest absolute Gasteiger partial charge is 0.331 e. The maximum absolute atomic E-state index is 12.7.